The first-order valence-corrected chi connectivity index (χ1v) is 7.62. The molecular formula is C18H20N2O3. The van der Waals surface area contributed by atoms with E-state index in [1.807, 2.05) is 18.2 Å². The summed E-state index contributed by atoms with van der Waals surface area (Å²) >= 11 is 0. The molecule has 0 bridgehead atoms. The zero-order valence-corrected chi connectivity index (χ0v) is 13.6. The van der Waals surface area contributed by atoms with Crippen molar-refractivity contribution >= 4 is 11.5 Å². The van der Waals surface area contributed by atoms with Gasteiger partial charge in [0.2, 0.25) is 5.69 Å². The van der Waals surface area contributed by atoms with Crippen molar-refractivity contribution in [3.63, 3.8) is 0 Å². The van der Waals surface area contributed by atoms with Crippen LogP contribution in [0, 0.1) is 6.57 Å². The second-order valence-electron chi connectivity index (χ2n) is 6.13. The molecule has 1 saturated heterocycles. The number of nitrogens with zero attached hydrogens (tertiary/aromatic N) is 2. The van der Waals surface area contributed by atoms with Crippen LogP contribution in [0.5, 0.6) is 11.5 Å². The fourth-order valence-corrected chi connectivity index (χ4v) is 3.84. The molecule has 5 nitrogen and oxygen atoms in total. The van der Waals surface area contributed by atoms with Crippen LogP contribution in [-0.2, 0) is 10.2 Å². The van der Waals surface area contributed by atoms with E-state index in [0.717, 1.165) is 18.5 Å². The average Bonchev–Trinajstić information content (AvgIpc) is 2.91. The Balaban J connectivity index is 2.19. The third kappa shape index (κ3) is 2.30. The summed E-state index contributed by atoms with van der Waals surface area (Å²) in [4.78, 5) is 17.7. The second kappa shape index (κ2) is 5.71. The standard InChI is InChI=1S/C18H20N2O3/c1-19-14-9-12(10-15(22-3)17(14)23-4)18-6-5-13(21)11-16(18)20(2)8-7-18/h5-6,9-10,16H,7-8,11H2,2-4H3. The summed E-state index contributed by atoms with van der Waals surface area (Å²) in [6.45, 7) is 8.36. The fourth-order valence-electron chi connectivity index (χ4n) is 3.84. The van der Waals surface area contributed by atoms with Crippen LogP contribution in [0.25, 0.3) is 4.85 Å². The lowest BCUT2D eigenvalue weighted by atomic mass is 9.69. The molecular weight excluding hydrogens is 292 g/mol. The minimum atomic E-state index is -0.248. The lowest BCUT2D eigenvalue weighted by molar-refractivity contribution is -0.116. The normalized spacial score (nSPS) is 26.7. The molecule has 2 atom stereocenters. The van der Waals surface area contributed by atoms with Gasteiger partial charge in [0.25, 0.3) is 0 Å². The highest BCUT2D eigenvalue weighted by atomic mass is 16.5. The number of ketones is 1. The topological polar surface area (TPSA) is 43.1 Å². The van der Waals surface area contributed by atoms with Crippen LogP contribution in [0.4, 0.5) is 5.69 Å². The number of carbonyl (C=O) groups is 1. The number of fused-ring (bicyclic) bond motifs is 1. The van der Waals surface area contributed by atoms with Crippen LogP contribution in [-0.4, -0.2) is 44.5 Å². The molecule has 0 amide bonds. The molecule has 0 aromatic heterocycles. The minimum Gasteiger partial charge on any atom is -0.504 e. The number of likely N-dealkylation sites (N-methyl/N-ethyl adjacent to an activating group) is 1. The summed E-state index contributed by atoms with van der Waals surface area (Å²) < 4.78 is 10.8. The summed E-state index contributed by atoms with van der Waals surface area (Å²) in [5.41, 5.74) is 1.20. The molecule has 3 rings (SSSR count). The molecule has 5 heteroatoms. The highest BCUT2D eigenvalue weighted by Crippen LogP contribution is 2.49. The van der Waals surface area contributed by atoms with Gasteiger partial charge in [-0.3, -0.25) is 4.79 Å². The lowest BCUT2D eigenvalue weighted by Gasteiger charge is -2.38. The molecule has 1 aromatic carbocycles. The Hall–Kier alpha value is -2.32. The zero-order chi connectivity index (χ0) is 16.6. The number of hydrogen-bond acceptors (Lipinski definition) is 4. The number of methoxy groups -OCH3 is 2. The Morgan fingerprint density at radius 3 is 2.78 bits per heavy atom. The predicted molar refractivity (Wildman–Crippen MR) is 87.3 cm³/mol. The molecule has 0 saturated carbocycles. The van der Waals surface area contributed by atoms with E-state index in [1.165, 1.54) is 7.11 Å². The first-order valence-electron chi connectivity index (χ1n) is 7.62. The molecule has 1 aliphatic carbocycles. The van der Waals surface area contributed by atoms with E-state index in [0.29, 0.717) is 23.6 Å². The van der Waals surface area contributed by atoms with Crippen molar-refractivity contribution in [2.45, 2.75) is 24.3 Å². The van der Waals surface area contributed by atoms with Gasteiger partial charge in [-0.2, -0.15) is 0 Å². The number of benzene rings is 1. The van der Waals surface area contributed by atoms with Crippen molar-refractivity contribution in [2.75, 3.05) is 27.8 Å². The molecule has 120 valence electrons. The largest absolute Gasteiger partial charge is 0.504 e. The summed E-state index contributed by atoms with van der Waals surface area (Å²) in [6, 6.07) is 3.94. The maximum Gasteiger partial charge on any atom is 0.232 e. The van der Waals surface area contributed by atoms with Crippen LogP contribution in [0.1, 0.15) is 18.4 Å². The maximum atomic E-state index is 11.9. The van der Waals surface area contributed by atoms with Crippen molar-refractivity contribution < 1.29 is 14.3 Å². The number of likely N-dealkylation sites (tertiary alicyclic amines) is 1. The molecule has 2 aliphatic rings. The SMILES string of the molecule is [C-]#[N+]c1cc(C23C=CC(=O)CC2N(C)CC3)cc(OC)c1OC. The Bertz CT molecular complexity index is 720. The van der Waals surface area contributed by atoms with Gasteiger partial charge in [-0.15, -0.1) is 0 Å². The molecule has 23 heavy (non-hydrogen) atoms. The van der Waals surface area contributed by atoms with Gasteiger partial charge >= 0.3 is 0 Å². The van der Waals surface area contributed by atoms with Gasteiger partial charge in [-0.1, -0.05) is 6.08 Å². The van der Waals surface area contributed by atoms with Gasteiger partial charge in [-0.25, -0.2) is 4.85 Å². The molecule has 0 N–H and O–H groups in total. The summed E-state index contributed by atoms with van der Waals surface area (Å²) in [7, 11) is 5.16. The molecule has 2 unspecified atom stereocenters. The van der Waals surface area contributed by atoms with E-state index < -0.39 is 0 Å². The van der Waals surface area contributed by atoms with Gasteiger partial charge in [0.05, 0.1) is 20.8 Å². The van der Waals surface area contributed by atoms with Crippen molar-refractivity contribution in [1.29, 1.82) is 0 Å². The smallest absolute Gasteiger partial charge is 0.232 e. The van der Waals surface area contributed by atoms with Crippen LogP contribution < -0.4 is 9.47 Å². The molecule has 0 spiro atoms. The highest BCUT2D eigenvalue weighted by Gasteiger charge is 2.48. The summed E-state index contributed by atoms with van der Waals surface area (Å²) in [6.07, 6.45) is 5.13. The van der Waals surface area contributed by atoms with Crippen LogP contribution in [0.3, 0.4) is 0 Å². The highest BCUT2D eigenvalue weighted by molar-refractivity contribution is 5.92. The van der Waals surface area contributed by atoms with Gasteiger partial charge in [0.1, 0.15) is 5.75 Å². The summed E-state index contributed by atoms with van der Waals surface area (Å²) in [5.74, 6) is 1.18. The van der Waals surface area contributed by atoms with Gasteiger partial charge < -0.3 is 14.4 Å². The van der Waals surface area contributed by atoms with Crippen molar-refractivity contribution in [2.24, 2.45) is 0 Å². The van der Waals surface area contributed by atoms with E-state index in [1.54, 1.807) is 13.2 Å². The Morgan fingerprint density at radius 1 is 1.35 bits per heavy atom. The van der Waals surface area contributed by atoms with E-state index in [-0.39, 0.29) is 17.2 Å². The van der Waals surface area contributed by atoms with E-state index in [4.69, 9.17) is 16.0 Å². The van der Waals surface area contributed by atoms with E-state index in [9.17, 15) is 4.79 Å². The number of carbonyl (C=O) groups excluding carboxylic acids is 1. The number of ether oxygens (including phenoxy) is 2. The van der Waals surface area contributed by atoms with Crippen LogP contribution >= 0.6 is 0 Å². The van der Waals surface area contributed by atoms with Crippen molar-refractivity contribution in [3.8, 4) is 11.5 Å². The molecule has 1 aromatic rings. The molecule has 1 heterocycles. The predicted octanol–water partition coefficient (Wildman–Crippen LogP) is 2.73. The molecule has 1 aliphatic heterocycles. The monoisotopic (exact) mass is 312 g/mol. The first kappa shape index (κ1) is 15.6. The Labute approximate surface area is 136 Å². The number of hydrogen-bond donors (Lipinski definition) is 0. The average molecular weight is 312 g/mol. The number of rotatable bonds is 3. The van der Waals surface area contributed by atoms with Crippen LogP contribution in [0.2, 0.25) is 0 Å². The van der Waals surface area contributed by atoms with Gasteiger partial charge in [0, 0.05) is 17.9 Å². The zero-order valence-electron chi connectivity index (χ0n) is 13.6. The van der Waals surface area contributed by atoms with Crippen molar-refractivity contribution in [1.82, 2.24) is 4.90 Å². The number of allylic oxidation sites excluding steroid dienone is 1. The van der Waals surface area contributed by atoms with Gasteiger partial charge in [-0.05, 0) is 43.8 Å². The molecule has 1 fully saturated rings. The Kier molecular flexibility index (Phi) is 3.87. The third-order valence-electron chi connectivity index (χ3n) is 5.08. The third-order valence-corrected chi connectivity index (χ3v) is 5.08. The first-order chi connectivity index (χ1) is 11.1. The maximum absolute atomic E-state index is 11.9. The van der Waals surface area contributed by atoms with Crippen molar-refractivity contribution in [3.05, 3.63) is 41.3 Å². The van der Waals surface area contributed by atoms with Crippen LogP contribution in [0.15, 0.2) is 24.3 Å². The quantitative estimate of drug-likeness (QED) is 0.805. The van der Waals surface area contributed by atoms with Gasteiger partial charge in [0.15, 0.2) is 11.5 Å². The lowest BCUT2D eigenvalue weighted by Crippen LogP contribution is -2.43. The van der Waals surface area contributed by atoms with E-state index in [2.05, 4.69) is 16.8 Å². The second-order valence-corrected chi connectivity index (χ2v) is 6.13. The molecule has 0 radical (unpaired) electrons. The minimum absolute atomic E-state index is 0.122. The summed E-state index contributed by atoms with van der Waals surface area (Å²) in [5, 5.41) is 0. The van der Waals surface area contributed by atoms with E-state index >= 15 is 0 Å². The Morgan fingerprint density at radius 2 is 2.13 bits per heavy atom. The fraction of sp³-hybridized carbons (Fsp3) is 0.444.